The molecule has 4 rings (SSSR count). The summed E-state index contributed by atoms with van der Waals surface area (Å²) in [4.78, 5) is 38.1. The van der Waals surface area contributed by atoms with Gasteiger partial charge in [0.1, 0.15) is 6.04 Å². The van der Waals surface area contributed by atoms with E-state index in [0.29, 0.717) is 25.9 Å². The number of carbonyl (C=O) groups is 3. The van der Waals surface area contributed by atoms with Gasteiger partial charge < -0.3 is 15.5 Å². The van der Waals surface area contributed by atoms with Gasteiger partial charge in [-0.2, -0.15) is 0 Å². The van der Waals surface area contributed by atoms with Crippen molar-refractivity contribution in [3.05, 3.63) is 35.4 Å². The Morgan fingerprint density at radius 1 is 1.12 bits per heavy atom. The third-order valence-corrected chi connectivity index (χ3v) is 5.56. The second-order valence-electron chi connectivity index (χ2n) is 7.31. The molecule has 2 atom stereocenters. The maximum atomic E-state index is 12.8. The van der Waals surface area contributed by atoms with Crippen LogP contribution in [0.25, 0.3) is 0 Å². The summed E-state index contributed by atoms with van der Waals surface area (Å²) in [5.74, 6) is 0.0330. The Balaban J connectivity index is 1.30. The van der Waals surface area contributed by atoms with Gasteiger partial charge >= 0.3 is 0 Å². The van der Waals surface area contributed by atoms with Crippen LogP contribution in [0.4, 0.5) is 0 Å². The Kier molecular flexibility index (Phi) is 4.19. The van der Waals surface area contributed by atoms with Crippen LogP contribution < -0.4 is 10.6 Å². The molecule has 3 amide bonds. The fourth-order valence-electron chi connectivity index (χ4n) is 4.18. The van der Waals surface area contributed by atoms with Crippen LogP contribution in [0.3, 0.4) is 0 Å². The quantitative estimate of drug-likeness (QED) is 0.835. The lowest BCUT2D eigenvalue weighted by Crippen LogP contribution is -2.47. The predicted molar refractivity (Wildman–Crippen MR) is 91.6 cm³/mol. The Bertz CT molecular complexity index is 693. The first-order valence-corrected chi connectivity index (χ1v) is 9.05. The van der Waals surface area contributed by atoms with E-state index in [9.17, 15) is 14.4 Å². The van der Waals surface area contributed by atoms with Crippen molar-refractivity contribution < 1.29 is 14.4 Å². The summed E-state index contributed by atoms with van der Waals surface area (Å²) < 4.78 is 0. The van der Waals surface area contributed by atoms with E-state index in [-0.39, 0.29) is 29.7 Å². The largest absolute Gasteiger partial charge is 0.350 e. The number of amides is 3. The minimum absolute atomic E-state index is 0.0160. The van der Waals surface area contributed by atoms with Crippen molar-refractivity contribution in [2.75, 3.05) is 13.1 Å². The highest BCUT2D eigenvalue weighted by atomic mass is 16.2. The molecule has 2 aliphatic heterocycles. The highest BCUT2D eigenvalue weighted by Gasteiger charge is 2.36. The van der Waals surface area contributed by atoms with Gasteiger partial charge in [0, 0.05) is 31.5 Å². The topological polar surface area (TPSA) is 78.5 Å². The van der Waals surface area contributed by atoms with E-state index in [1.54, 1.807) is 0 Å². The van der Waals surface area contributed by atoms with Crippen LogP contribution in [0, 0.1) is 5.92 Å². The number of rotatable bonds is 3. The maximum Gasteiger partial charge on any atom is 0.242 e. The number of likely N-dealkylation sites (tertiary alicyclic amines) is 1. The monoisotopic (exact) mass is 341 g/mol. The fraction of sp³-hybridized carbons (Fsp3) is 0.526. The van der Waals surface area contributed by atoms with E-state index in [1.165, 1.54) is 11.1 Å². The molecule has 2 saturated heterocycles. The summed E-state index contributed by atoms with van der Waals surface area (Å²) in [6.07, 6.45) is 3.38. The first kappa shape index (κ1) is 16.1. The van der Waals surface area contributed by atoms with Crippen molar-refractivity contribution in [2.24, 2.45) is 5.92 Å². The van der Waals surface area contributed by atoms with Gasteiger partial charge in [-0.05, 0) is 36.8 Å². The molecule has 6 heteroatoms. The number of hydrogen-bond acceptors (Lipinski definition) is 3. The Morgan fingerprint density at radius 2 is 1.84 bits per heavy atom. The molecule has 1 aliphatic carbocycles. The van der Waals surface area contributed by atoms with Gasteiger partial charge in [0.05, 0.1) is 0 Å². The van der Waals surface area contributed by atoms with Crippen LogP contribution in [0.2, 0.25) is 0 Å². The number of fused-ring (bicyclic) bond motifs is 1. The first-order valence-electron chi connectivity index (χ1n) is 9.05. The Morgan fingerprint density at radius 3 is 2.48 bits per heavy atom. The molecule has 3 aliphatic rings. The van der Waals surface area contributed by atoms with Gasteiger partial charge in [-0.15, -0.1) is 0 Å². The fourth-order valence-corrected chi connectivity index (χ4v) is 4.18. The second-order valence-corrected chi connectivity index (χ2v) is 7.31. The summed E-state index contributed by atoms with van der Waals surface area (Å²) in [5.41, 5.74) is 2.56. The second kappa shape index (κ2) is 6.50. The number of carbonyl (C=O) groups excluding carboxylic acids is 3. The molecule has 2 fully saturated rings. The maximum absolute atomic E-state index is 12.8. The lowest BCUT2D eigenvalue weighted by atomic mass is 10.1. The molecule has 25 heavy (non-hydrogen) atoms. The van der Waals surface area contributed by atoms with Crippen molar-refractivity contribution >= 4 is 17.7 Å². The molecular formula is C19H23N3O3. The Hall–Kier alpha value is -2.37. The van der Waals surface area contributed by atoms with Crippen LogP contribution in [-0.2, 0) is 27.2 Å². The van der Waals surface area contributed by atoms with E-state index in [4.69, 9.17) is 0 Å². The molecule has 1 aromatic rings. The standard InChI is InChI=1S/C19H23N3O3/c23-17-6-5-16(21-17)18(24)20-15-7-8-22(11-15)19(25)14-9-12-3-1-2-4-13(12)10-14/h1-4,14-16H,5-11H2,(H,20,24)(H,21,23)/t15-,16-/m0/s1. The van der Waals surface area contributed by atoms with Gasteiger partial charge in [-0.3, -0.25) is 14.4 Å². The van der Waals surface area contributed by atoms with E-state index in [1.807, 2.05) is 17.0 Å². The van der Waals surface area contributed by atoms with Crippen LogP contribution in [0.15, 0.2) is 24.3 Å². The van der Waals surface area contributed by atoms with Crippen molar-refractivity contribution in [1.29, 1.82) is 0 Å². The molecule has 1 aromatic carbocycles. The molecule has 2 N–H and O–H groups in total. The number of hydrogen-bond donors (Lipinski definition) is 2. The smallest absolute Gasteiger partial charge is 0.242 e. The van der Waals surface area contributed by atoms with Crippen LogP contribution in [0.1, 0.15) is 30.4 Å². The van der Waals surface area contributed by atoms with Crippen molar-refractivity contribution in [1.82, 2.24) is 15.5 Å². The van der Waals surface area contributed by atoms with Gasteiger partial charge in [0.2, 0.25) is 17.7 Å². The van der Waals surface area contributed by atoms with E-state index < -0.39 is 6.04 Å². The zero-order chi connectivity index (χ0) is 17.4. The summed E-state index contributed by atoms with van der Waals surface area (Å²) in [7, 11) is 0. The molecule has 132 valence electrons. The normalized spacial score (nSPS) is 25.8. The number of nitrogens with zero attached hydrogens (tertiary/aromatic N) is 1. The third kappa shape index (κ3) is 3.25. The minimum Gasteiger partial charge on any atom is -0.350 e. The molecular weight excluding hydrogens is 318 g/mol. The molecule has 6 nitrogen and oxygen atoms in total. The van der Waals surface area contributed by atoms with Crippen LogP contribution in [-0.4, -0.2) is 47.8 Å². The van der Waals surface area contributed by atoms with Crippen molar-refractivity contribution in [3.8, 4) is 0 Å². The molecule has 0 bridgehead atoms. The predicted octanol–water partition coefficient (Wildman–Crippen LogP) is 0.397. The summed E-state index contributed by atoms with van der Waals surface area (Å²) >= 11 is 0. The summed E-state index contributed by atoms with van der Waals surface area (Å²) in [5, 5.41) is 5.67. The van der Waals surface area contributed by atoms with Crippen LogP contribution in [0.5, 0.6) is 0 Å². The summed E-state index contributed by atoms with van der Waals surface area (Å²) in [6, 6.07) is 7.82. The zero-order valence-electron chi connectivity index (χ0n) is 14.2. The highest BCUT2D eigenvalue weighted by Crippen LogP contribution is 2.28. The lowest BCUT2D eigenvalue weighted by molar-refractivity contribution is -0.134. The molecule has 0 aromatic heterocycles. The van der Waals surface area contributed by atoms with Gasteiger partial charge in [-0.25, -0.2) is 0 Å². The third-order valence-electron chi connectivity index (χ3n) is 5.56. The van der Waals surface area contributed by atoms with Crippen molar-refractivity contribution in [3.63, 3.8) is 0 Å². The first-order chi connectivity index (χ1) is 12.1. The summed E-state index contributed by atoms with van der Waals surface area (Å²) in [6.45, 7) is 1.26. The highest BCUT2D eigenvalue weighted by molar-refractivity contribution is 5.91. The molecule has 2 heterocycles. The minimum atomic E-state index is -0.415. The average Bonchev–Trinajstić information content (AvgIpc) is 3.32. The van der Waals surface area contributed by atoms with Gasteiger partial charge in [-0.1, -0.05) is 24.3 Å². The zero-order valence-corrected chi connectivity index (χ0v) is 14.2. The molecule has 0 radical (unpaired) electrons. The Labute approximate surface area is 147 Å². The van der Waals surface area contributed by atoms with Crippen molar-refractivity contribution in [2.45, 2.75) is 44.2 Å². The molecule has 0 spiro atoms. The molecule has 0 unspecified atom stereocenters. The van der Waals surface area contributed by atoms with E-state index >= 15 is 0 Å². The van der Waals surface area contributed by atoms with E-state index in [2.05, 4.69) is 22.8 Å². The SMILES string of the molecule is O=C1CC[C@@H](C(=O)N[C@H]2CCN(C(=O)C3Cc4ccccc4C3)C2)N1. The van der Waals surface area contributed by atoms with E-state index in [0.717, 1.165) is 19.3 Å². The number of benzene rings is 1. The van der Waals surface area contributed by atoms with Gasteiger partial charge in [0.25, 0.3) is 0 Å². The molecule has 0 saturated carbocycles. The average molecular weight is 341 g/mol. The lowest BCUT2D eigenvalue weighted by Gasteiger charge is -2.21. The van der Waals surface area contributed by atoms with Crippen LogP contribution >= 0.6 is 0 Å². The number of nitrogens with one attached hydrogen (secondary N) is 2. The van der Waals surface area contributed by atoms with Gasteiger partial charge in [0.15, 0.2) is 0 Å².